The predicted octanol–water partition coefficient (Wildman–Crippen LogP) is 3.15. The summed E-state index contributed by atoms with van der Waals surface area (Å²) < 4.78 is 12.9. The SMILES string of the molecule is CC.CCC(=O)c1c(O)cccc1F. The number of benzene rings is 1. The zero-order valence-electron chi connectivity index (χ0n) is 8.67. The Morgan fingerprint density at radius 1 is 1.43 bits per heavy atom. The lowest BCUT2D eigenvalue weighted by molar-refractivity contribution is 0.0981. The largest absolute Gasteiger partial charge is 0.507 e. The molecule has 1 aromatic rings. The van der Waals surface area contributed by atoms with Gasteiger partial charge in [-0.15, -0.1) is 0 Å². The third-order valence-corrected chi connectivity index (χ3v) is 1.59. The van der Waals surface area contributed by atoms with Crippen molar-refractivity contribution in [3.05, 3.63) is 29.6 Å². The van der Waals surface area contributed by atoms with Gasteiger partial charge in [-0.2, -0.15) is 0 Å². The summed E-state index contributed by atoms with van der Waals surface area (Å²) in [6.45, 7) is 5.62. The molecule has 0 aliphatic carbocycles. The lowest BCUT2D eigenvalue weighted by atomic mass is 10.1. The molecule has 0 fully saturated rings. The Bertz CT molecular complexity index is 288. The van der Waals surface area contributed by atoms with Crippen LogP contribution in [0.2, 0.25) is 0 Å². The van der Waals surface area contributed by atoms with Crippen LogP contribution in [0.4, 0.5) is 4.39 Å². The van der Waals surface area contributed by atoms with Gasteiger partial charge in [-0.25, -0.2) is 4.39 Å². The fraction of sp³-hybridized carbons (Fsp3) is 0.364. The second kappa shape index (κ2) is 6.13. The van der Waals surface area contributed by atoms with E-state index in [1.165, 1.54) is 12.1 Å². The van der Waals surface area contributed by atoms with Gasteiger partial charge in [0, 0.05) is 6.42 Å². The number of carbonyl (C=O) groups is 1. The lowest BCUT2D eigenvalue weighted by Crippen LogP contribution is -2.00. The van der Waals surface area contributed by atoms with E-state index in [9.17, 15) is 9.18 Å². The van der Waals surface area contributed by atoms with E-state index in [2.05, 4.69) is 0 Å². The molecule has 0 atom stereocenters. The molecule has 0 heterocycles. The molecule has 0 saturated heterocycles. The van der Waals surface area contributed by atoms with Gasteiger partial charge in [-0.05, 0) is 12.1 Å². The zero-order valence-corrected chi connectivity index (χ0v) is 8.67. The van der Waals surface area contributed by atoms with Gasteiger partial charge in [-0.1, -0.05) is 26.8 Å². The maximum atomic E-state index is 12.9. The van der Waals surface area contributed by atoms with Gasteiger partial charge in [0.2, 0.25) is 0 Å². The highest BCUT2D eigenvalue weighted by Gasteiger charge is 2.13. The van der Waals surface area contributed by atoms with Crippen molar-refractivity contribution in [1.82, 2.24) is 0 Å². The van der Waals surface area contributed by atoms with Gasteiger partial charge in [0.15, 0.2) is 5.78 Å². The average Bonchev–Trinajstić information content (AvgIpc) is 2.20. The van der Waals surface area contributed by atoms with Crippen LogP contribution in [0.15, 0.2) is 18.2 Å². The number of phenols is 1. The van der Waals surface area contributed by atoms with E-state index in [1.807, 2.05) is 13.8 Å². The molecule has 14 heavy (non-hydrogen) atoms. The van der Waals surface area contributed by atoms with Gasteiger partial charge in [0.25, 0.3) is 0 Å². The molecule has 0 spiro atoms. The van der Waals surface area contributed by atoms with Gasteiger partial charge < -0.3 is 5.11 Å². The molecule has 0 bridgehead atoms. The summed E-state index contributed by atoms with van der Waals surface area (Å²) in [4.78, 5) is 11.1. The maximum Gasteiger partial charge on any atom is 0.169 e. The summed E-state index contributed by atoms with van der Waals surface area (Å²) in [6, 6.07) is 3.81. The Hall–Kier alpha value is -1.38. The van der Waals surface area contributed by atoms with E-state index in [0.29, 0.717) is 0 Å². The molecule has 0 unspecified atom stereocenters. The second-order valence-corrected chi connectivity index (χ2v) is 2.41. The molecule has 0 aliphatic heterocycles. The minimum Gasteiger partial charge on any atom is -0.507 e. The van der Waals surface area contributed by atoms with E-state index in [4.69, 9.17) is 5.11 Å². The Morgan fingerprint density at radius 2 is 2.00 bits per heavy atom. The number of ketones is 1. The minimum absolute atomic E-state index is 0.189. The van der Waals surface area contributed by atoms with E-state index >= 15 is 0 Å². The van der Waals surface area contributed by atoms with Crippen molar-refractivity contribution in [1.29, 1.82) is 0 Å². The Balaban J connectivity index is 0.000000791. The van der Waals surface area contributed by atoms with Crippen molar-refractivity contribution >= 4 is 5.78 Å². The van der Waals surface area contributed by atoms with Crippen molar-refractivity contribution in [2.24, 2.45) is 0 Å². The molecule has 0 aromatic heterocycles. The molecule has 0 radical (unpaired) electrons. The smallest absolute Gasteiger partial charge is 0.169 e. The molecule has 0 aliphatic rings. The summed E-state index contributed by atoms with van der Waals surface area (Å²) >= 11 is 0. The number of phenolic OH excluding ortho intramolecular Hbond substituents is 1. The van der Waals surface area contributed by atoms with Crippen LogP contribution in [-0.4, -0.2) is 10.9 Å². The first kappa shape index (κ1) is 12.6. The third-order valence-electron chi connectivity index (χ3n) is 1.59. The van der Waals surface area contributed by atoms with Crippen LogP contribution < -0.4 is 0 Å². The van der Waals surface area contributed by atoms with E-state index in [-0.39, 0.29) is 23.5 Å². The van der Waals surface area contributed by atoms with E-state index in [0.717, 1.165) is 6.07 Å². The fourth-order valence-electron chi connectivity index (χ4n) is 0.966. The van der Waals surface area contributed by atoms with Crippen molar-refractivity contribution in [2.45, 2.75) is 27.2 Å². The molecule has 0 saturated carbocycles. The Labute approximate surface area is 83.4 Å². The van der Waals surface area contributed by atoms with Crippen molar-refractivity contribution in [3.63, 3.8) is 0 Å². The predicted molar refractivity (Wildman–Crippen MR) is 54.0 cm³/mol. The Kier molecular flexibility index (Phi) is 5.53. The fourth-order valence-corrected chi connectivity index (χ4v) is 0.966. The first-order chi connectivity index (χ1) is 6.66. The number of halogens is 1. The zero-order chi connectivity index (χ0) is 11.1. The summed E-state index contributed by atoms with van der Waals surface area (Å²) in [7, 11) is 0. The normalized spacial score (nSPS) is 8.86. The van der Waals surface area contributed by atoms with Gasteiger partial charge in [0.05, 0.1) is 5.56 Å². The number of carbonyl (C=O) groups excluding carboxylic acids is 1. The molecule has 1 rings (SSSR count). The molecular weight excluding hydrogens is 183 g/mol. The number of aromatic hydroxyl groups is 1. The van der Waals surface area contributed by atoms with E-state index < -0.39 is 5.82 Å². The molecule has 0 amide bonds. The molecule has 78 valence electrons. The van der Waals surface area contributed by atoms with Gasteiger partial charge in [-0.3, -0.25) is 4.79 Å². The highest BCUT2D eigenvalue weighted by Crippen LogP contribution is 2.20. The van der Waals surface area contributed by atoms with Crippen molar-refractivity contribution < 1.29 is 14.3 Å². The quantitative estimate of drug-likeness (QED) is 0.741. The van der Waals surface area contributed by atoms with Crippen LogP contribution in [0.3, 0.4) is 0 Å². The minimum atomic E-state index is -0.665. The average molecular weight is 198 g/mol. The summed E-state index contributed by atoms with van der Waals surface area (Å²) in [6.07, 6.45) is 0.189. The number of rotatable bonds is 2. The molecule has 2 nitrogen and oxygen atoms in total. The van der Waals surface area contributed by atoms with Crippen LogP contribution in [0.5, 0.6) is 5.75 Å². The molecule has 1 aromatic carbocycles. The standard InChI is InChI=1S/C9H9FO2.C2H6/c1-2-7(11)9-6(10)4-3-5-8(9)12;1-2/h3-5,12H,2H2,1H3;1-2H3. The number of hydrogen-bond donors (Lipinski definition) is 1. The topological polar surface area (TPSA) is 37.3 Å². The monoisotopic (exact) mass is 198 g/mol. The second-order valence-electron chi connectivity index (χ2n) is 2.41. The lowest BCUT2D eigenvalue weighted by Gasteiger charge is -2.01. The van der Waals surface area contributed by atoms with E-state index in [1.54, 1.807) is 6.92 Å². The number of hydrogen-bond acceptors (Lipinski definition) is 2. The van der Waals surface area contributed by atoms with Crippen molar-refractivity contribution in [3.8, 4) is 5.75 Å². The summed E-state index contributed by atoms with van der Waals surface area (Å²) in [5, 5.41) is 9.13. The molecular formula is C11H15FO2. The summed E-state index contributed by atoms with van der Waals surface area (Å²) in [5.74, 6) is -1.34. The first-order valence-electron chi connectivity index (χ1n) is 4.67. The summed E-state index contributed by atoms with van der Waals surface area (Å²) in [5.41, 5.74) is -0.208. The van der Waals surface area contributed by atoms with Crippen LogP contribution in [0.25, 0.3) is 0 Å². The maximum absolute atomic E-state index is 12.9. The van der Waals surface area contributed by atoms with Crippen LogP contribution in [0, 0.1) is 5.82 Å². The Morgan fingerprint density at radius 3 is 2.43 bits per heavy atom. The number of Topliss-reactive ketones (excluding diaryl/α,β-unsaturated/α-hetero) is 1. The van der Waals surface area contributed by atoms with Crippen LogP contribution in [0.1, 0.15) is 37.6 Å². The highest BCUT2D eigenvalue weighted by molar-refractivity contribution is 5.98. The third kappa shape index (κ3) is 2.83. The molecule has 3 heteroatoms. The van der Waals surface area contributed by atoms with Crippen LogP contribution >= 0.6 is 0 Å². The van der Waals surface area contributed by atoms with Crippen molar-refractivity contribution in [2.75, 3.05) is 0 Å². The van der Waals surface area contributed by atoms with Gasteiger partial charge >= 0.3 is 0 Å². The highest BCUT2D eigenvalue weighted by atomic mass is 19.1. The van der Waals surface area contributed by atoms with Crippen LogP contribution in [-0.2, 0) is 0 Å². The first-order valence-corrected chi connectivity index (χ1v) is 4.67. The molecule has 1 N–H and O–H groups in total. The van der Waals surface area contributed by atoms with Gasteiger partial charge in [0.1, 0.15) is 11.6 Å².